The summed E-state index contributed by atoms with van der Waals surface area (Å²) in [5, 5.41) is 3.77. The predicted molar refractivity (Wildman–Crippen MR) is 127 cm³/mol. The third kappa shape index (κ3) is 6.68. The number of nitrogens with zero attached hydrogens (tertiary/aromatic N) is 3. The minimum Gasteiger partial charge on any atom is -0.376 e. The maximum Gasteiger partial charge on any atom is 0.251 e. The summed E-state index contributed by atoms with van der Waals surface area (Å²) in [5.74, 6) is 1.98. The van der Waals surface area contributed by atoms with Crippen LogP contribution in [0.4, 0.5) is 5.82 Å². The molecule has 0 aliphatic carbocycles. The van der Waals surface area contributed by atoms with Crippen LogP contribution in [-0.2, 0) is 10.5 Å². The van der Waals surface area contributed by atoms with Gasteiger partial charge in [-0.2, -0.15) is 0 Å². The minimum atomic E-state index is -0.0516. The highest BCUT2D eigenvalue weighted by Crippen LogP contribution is 2.26. The van der Waals surface area contributed by atoms with Crippen molar-refractivity contribution in [3.8, 4) is 0 Å². The SMILES string of the molecule is CCN(CC)c1cc(C(C)C)nc(SCc2cccc(C(=O)NC[C@@H]3CCCO3)c2)n1. The van der Waals surface area contributed by atoms with Crippen LogP contribution in [0.15, 0.2) is 35.5 Å². The molecule has 2 heterocycles. The first-order valence-electron chi connectivity index (χ1n) is 11.3. The predicted octanol–water partition coefficient (Wildman–Crippen LogP) is 4.65. The van der Waals surface area contributed by atoms with Gasteiger partial charge in [-0.3, -0.25) is 4.79 Å². The van der Waals surface area contributed by atoms with Gasteiger partial charge in [-0.25, -0.2) is 9.97 Å². The van der Waals surface area contributed by atoms with Gasteiger partial charge in [0.05, 0.1) is 6.10 Å². The highest BCUT2D eigenvalue weighted by atomic mass is 32.2. The third-order valence-corrected chi connectivity index (χ3v) is 6.38. The lowest BCUT2D eigenvalue weighted by molar-refractivity contribution is 0.0857. The molecular formula is C24H34N4O2S. The van der Waals surface area contributed by atoms with Gasteiger partial charge in [-0.15, -0.1) is 0 Å². The van der Waals surface area contributed by atoms with Gasteiger partial charge >= 0.3 is 0 Å². The van der Waals surface area contributed by atoms with Crippen LogP contribution in [-0.4, -0.2) is 48.2 Å². The van der Waals surface area contributed by atoms with Crippen LogP contribution in [0.5, 0.6) is 0 Å². The van der Waals surface area contributed by atoms with E-state index in [1.807, 2.05) is 24.3 Å². The fraction of sp³-hybridized carbons (Fsp3) is 0.542. The van der Waals surface area contributed by atoms with E-state index in [4.69, 9.17) is 14.7 Å². The number of carbonyl (C=O) groups excluding carboxylic acids is 1. The maximum absolute atomic E-state index is 12.5. The highest BCUT2D eigenvalue weighted by molar-refractivity contribution is 7.98. The average Bonchev–Trinajstić information content (AvgIpc) is 3.31. The monoisotopic (exact) mass is 442 g/mol. The molecule has 1 atom stereocenters. The Morgan fingerprint density at radius 3 is 2.74 bits per heavy atom. The standard InChI is InChI=1S/C24H34N4O2S/c1-5-28(6-2)22-14-21(17(3)4)26-24(27-22)31-16-18-9-7-10-19(13-18)23(29)25-15-20-11-8-12-30-20/h7,9-10,13-14,17,20H,5-6,8,11-12,15-16H2,1-4H3,(H,25,29)/t20-/m0/s1. The lowest BCUT2D eigenvalue weighted by Crippen LogP contribution is -2.31. The van der Waals surface area contributed by atoms with Crippen molar-refractivity contribution in [3.05, 3.63) is 47.2 Å². The summed E-state index contributed by atoms with van der Waals surface area (Å²) in [6, 6.07) is 9.88. The Morgan fingerprint density at radius 1 is 1.26 bits per heavy atom. The molecule has 3 rings (SSSR count). The summed E-state index contributed by atoms with van der Waals surface area (Å²) in [7, 11) is 0. The number of amides is 1. The van der Waals surface area contributed by atoms with Crippen molar-refractivity contribution in [2.45, 2.75) is 63.5 Å². The first-order chi connectivity index (χ1) is 15.0. The Bertz CT molecular complexity index is 864. The third-order valence-electron chi connectivity index (χ3n) is 5.46. The molecule has 1 aromatic carbocycles. The molecule has 168 valence electrons. The summed E-state index contributed by atoms with van der Waals surface area (Å²) in [6.07, 6.45) is 2.23. The van der Waals surface area contributed by atoms with Crippen LogP contribution in [0.25, 0.3) is 0 Å². The summed E-state index contributed by atoms with van der Waals surface area (Å²) in [6.45, 7) is 11.8. The summed E-state index contributed by atoms with van der Waals surface area (Å²) in [4.78, 5) is 24.3. The Labute approximate surface area is 190 Å². The zero-order valence-corrected chi connectivity index (χ0v) is 19.9. The van der Waals surface area contributed by atoms with Crippen molar-refractivity contribution in [1.82, 2.24) is 15.3 Å². The van der Waals surface area contributed by atoms with Crippen LogP contribution >= 0.6 is 11.8 Å². The number of thioether (sulfide) groups is 1. The molecule has 1 N–H and O–H groups in total. The molecule has 0 radical (unpaired) electrons. The number of benzene rings is 1. The molecule has 1 saturated heterocycles. The van der Waals surface area contributed by atoms with E-state index in [2.05, 4.69) is 44.0 Å². The van der Waals surface area contributed by atoms with Crippen molar-refractivity contribution in [3.63, 3.8) is 0 Å². The Hall–Kier alpha value is -2.12. The molecule has 0 saturated carbocycles. The second-order valence-corrected chi connectivity index (χ2v) is 9.04. The van der Waals surface area contributed by atoms with Gasteiger partial charge in [0, 0.05) is 49.3 Å². The lowest BCUT2D eigenvalue weighted by Gasteiger charge is -2.21. The van der Waals surface area contributed by atoms with Crippen LogP contribution in [0.3, 0.4) is 0 Å². The van der Waals surface area contributed by atoms with Crippen molar-refractivity contribution in [2.24, 2.45) is 0 Å². The Kier molecular flexibility index (Phi) is 8.72. The zero-order valence-electron chi connectivity index (χ0n) is 19.1. The molecule has 0 bridgehead atoms. The quantitative estimate of drug-likeness (QED) is 0.427. The molecule has 7 heteroatoms. The van der Waals surface area contributed by atoms with Crippen molar-refractivity contribution < 1.29 is 9.53 Å². The van der Waals surface area contributed by atoms with Crippen molar-refractivity contribution in [1.29, 1.82) is 0 Å². The Morgan fingerprint density at radius 2 is 2.06 bits per heavy atom. The number of hydrogen-bond donors (Lipinski definition) is 1. The molecule has 6 nitrogen and oxygen atoms in total. The van der Waals surface area contributed by atoms with E-state index < -0.39 is 0 Å². The number of nitrogens with one attached hydrogen (secondary N) is 1. The van der Waals surface area contributed by atoms with E-state index in [1.54, 1.807) is 11.8 Å². The van der Waals surface area contributed by atoms with E-state index in [0.717, 1.165) is 54.8 Å². The Balaban J connectivity index is 1.66. The summed E-state index contributed by atoms with van der Waals surface area (Å²) < 4.78 is 5.58. The number of rotatable bonds is 10. The van der Waals surface area contributed by atoms with E-state index in [9.17, 15) is 4.79 Å². The van der Waals surface area contributed by atoms with E-state index in [-0.39, 0.29) is 12.0 Å². The smallest absolute Gasteiger partial charge is 0.251 e. The van der Waals surface area contributed by atoms with E-state index in [1.165, 1.54) is 0 Å². The molecule has 1 aliphatic rings. The van der Waals surface area contributed by atoms with E-state index in [0.29, 0.717) is 23.8 Å². The number of carbonyl (C=O) groups is 1. The van der Waals surface area contributed by atoms with Gasteiger partial charge in [0.1, 0.15) is 5.82 Å². The van der Waals surface area contributed by atoms with Crippen LogP contribution < -0.4 is 10.2 Å². The minimum absolute atomic E-state index is 0.0516. The van der Waals surface area contributed by atoms with Gasteiger partial charge in [0.2, 0.25) is 0 Å². The molecule has 2 aromatic rings. The first kappa shape index (κ1) is 23.5. The van der Waals surface area contributed by atoms with Crippen LogP contribution in [0, 0.1) is 0 Å². The maximum atomic E-state index is 12.5. The fourth-order valence-corrected chi connectivity index (χ4v) is 4.37. The van der Waals surface area contributed by atoms with E-state index >= 15 is 0 Å². The van der Waals surface area contributed by atoms with Crippen LogP contribution in [0.2, 0.25) is 0 Å². The second-order valence-electron chi connectivity index (χ2n) is 8.09. The molecule has 1 fully saturated rings. The lowest BCUT2D eigenvalue weighted by atomic mass is 10.1. The second kappa shape index (κ2) is 11.5. The number of hydrogen-bond acceptors (Lipinski definition) is 6. The van der Waals surface area contributed by atoms with Crippen LogP contribution in [0.1, 0.15) is 68.1 Å². The number of aromatic nitrogens is 2. The van der Waals surface area contributed by atoms with Gasteiger partial charge < -0.3 is 15.0 Å². The average molecular weight is 443 g/mol. The zero-order chi connectivity index (χ0) is 22.2. The largest absolute Gasteiger partial charge is 0.376 e. The summed E-state index contributed by atoms with van der Waals surface area (Å²) in [5.41, 5.74) is 2.82. The molecule has 0 spiro atoms. The van der Waals surface area contributed by atoms with Gasteiger partial charge in [-0.05, 0) is 50.3 Å². The van der Waals surface area contributed by atoms with Crippen molar-refractivity contribution in [2.75, 3.05) is 31.1 Å². The van der Waals surface area contributed by atoms with Crippen molar-refractivity contribution >= 4 is 23.5 Å². The molecule has 1 aliphatic heterocycles. The number of anilines is 1. The topological polar surface area (TPSA) is 67.4 Å². The van der Waals surface area contributed by atoms with Gasteiger partial charge in [0.25, 0.3) is 5.91 Å². The van der Waals surface area contributed by atoms with Gasteiger partial charge in [-0.1, -0.05) is 37.7 Å². The summed E-state index contributed by atoms with van der Waals surface area (Å²) >= 11 is 1.61. The molecule has 1 amide bonds. The molecule has 1 aromatic heterocycles. The molecule has 0 unspecified atom stereocenters. The number of ether oxygens (including phenoxy) is 1. The van der Waals surface area contributed by atoms with Gasteiger partial charge in [0.15, 0.2) is 5.16 Å². The normalized spacial score (nSPS) is 16.0. The molecular weight excluding hydrogens is 408 g/mol. The fourth-order valence-electron chi connectivity index (χ4n) is 3.56. The molecule has 31 heavy (non-hydrogen) atoms. The first-order valence-corrected chi connectivity index (χ1v) is 12.2. The highest BCUT2D eigenvalue weighted by Gasteiger charge is 2.17.